The molecule has 0 atom stereocenters. The normalized spacial score (nSPS) is 14.7. The van der Waals surface area contributed by atoms with Crippen LogP contribution in [0.15, 0.2) is 47.4 Å². The van der Waals surface area contributed by atoms with Gasteiger partial charge in [-0.05, 0) is 42.8 Å². The molecule has 0 spiro atoms. The fourth-order valence-electron chi connectivity index (χ4n) is 3.02. The number of nitrogens with zero attached hydrogens (tertiary/aromatic N) is 2. The number of nitro benzene ring substituents is 1. The second kappa shape index (κ2) is 11.1. The standard InChI is InChI=1S/C21H26N2O8S/c1-2-11-29-17-3-5-18(6-4-17)30-14-15-31-21-8-7-19(16-20(21)23(24)25)32(26,27)22-9-12-28-13-10-22/h3-8,16H,2,9-15H2,1H3. The Labute approximate surface area is 186 Å². The summed E-state index contributed by atoms with van der Waals surface area (Å²) in [6.45, 7) is 3.85. The van der Waals surface area contributed by atoms with Crippen LogP contribution in [0.25, 0.3) is 0 Å². The first kappa shape index (κ1) is 23.8. The van der Waals surface area contributed by atoms with Crippen molar-refractivity contribution >= 4 is 15.7 Å². The van der Waals surface area contributed by atoms with Crippen molar-refractivity contribution in [2.75, 3.05) is 46.1 Å². The number of hydrogen-bond donors (Lipinski definition) is 0. The second-order valence-corrected chi connectivity index (χ2v) is 8.86. The highest BCUT2D eigenvalue weighted by atomic mass is 32.2. The van der Waals surface area contributed by atoms with Crippen molar-refractivity contribution in [2.45, 2.75) is 18.2 Å². The Morgan fingerprint density at radius 2 is 1.56 bits per heavy atom. The minimum atomic E-state index is -3.85. The second-order valence-electron chi connectivity index (χ2n) is 6.92. The smallest absolute Gasteiger partial charge is 0.312 e. The van der Waals surface area contributed by atoms with E-state index in [1.807, 2.05) is 6.92 Å². The van der Waals surface area contributed by atoms with Crippen molar-refractivity contribution in [1.29, 1.82) is 0 Å². The summed E-state index contributed by atoms with van der Waals surface area (Å²) in [5.41, 5.74) is -0.420. The molecule has 0 unspecified atom stereocenters. The average molecular weight is 467 g/mol. The van der Waals surface area contributed by atoms with E-state index in [-0.39, 0.29) is 50.2 Å². The first-order valence-electron chi connectivity index (χ1n) is 10.3. The highest BCUT2D eigenvalue weighted by Gasteiger charge is 2.29. The summed E-state index contributed by atoms with van der Waals surface area (Å²) in [7, 11) is -3.85. The van der Waals surface area contributed by atoms with Crippen LogP contribution in [0.1, 0.15) is 13.3 Å². The molecule has 174 valence electrons. The van der Waals surface area contributed by atoms with Gasteiger partial charge in [-0.1, -0.05) is 6.92 Å². The summed E-state index contributed by atoms with van der Waals surface area (Å²) in [5, 5.41) is 11.5. The van der Waals surface area contributed by atoms with Gasteiger partial charge in [0.1, 0.15) is 24.7 Å². The molecule has 10 nitrogen and oxygen atoms in total. The molecule has 0 bridgehead atoms. The van der Waals surface area contributed by atoms with Crippen LogP contribution in [0.3, 0.4) is 0 Å². The Morgan fingerprint density at radius 3 is 2.16 bits per heavy atom. The topological polar surface area (TPSA) is 117 Å². The SMILES string of the molecule is CCCOc1ccc(OCCOc2ccc(S(=O)(=O)N3CCOCC3)cc2[N+](=O)[O-])cc1. The third-order valence-corrected chi connectivity index (χ3v) is 6.54. The lowest BCUT2D eigenvalue weighted by Crippen LogP contribution is -2.40. The summed E-state index contributed by atoms with van der Waals surface area (Å²) < 4.78 is 48.5. The van der Waals surface area contributed by atoms with E-state index in [1.54, 1.807) is 24.3 Å². The molecule has 1 saturated heterocycles. The fraction of sp³-hybridized carbons (Fsp3) is 0.429. The van der Waals surface area contributed by atoms with Crippen molar-refractivity contribution in [3.63, 3.8) is 0 Å². The molecule has 0 aliphatic carbocycles. The molecule has 1 aliphatic rings. The lowest BCUT2D eigenvalue weighted by atomic mass is 10.3. The van der Waals surface area contributed by atoms with E-state index in [4.69, 9.17) is 18.9 Å². The Kier molecular flexibility index (Phi) is 8.26. The van der Waals surface area contributed by atoms with Crippen molar-refractivity contribution < 1.29 is 32.3 Å². The van der Waals surface area contributed by atoms with Gasteiger partial charge in [0.2, 0.25) is 10.0 Å². The van der Waals surface area contributed by atoms with Crippen LogP contribution in [-0.2, 0) is 14.8 Å². The maximum absolute atomic E-state index is 12.8. The van der Waals surface area contributed by atoms with Gasteiger partial charge < -0.3 is 18.9 Å². The first-order valence-corrected chi connectivity index (χ1v) is 11.7. The molecule has 3 rings (SSSR count). The summed E-state index contributed by atoms with van der Waals surface area (Å²) in [5.74, 6) is 1.33. The number of nitro groups is 1. The van der Waals surface area contributed by atoms with E-state index < -0.39 is 20.6 Å². The molecule has 0 amide bonds. The quantitative estimate of drug-likeness (QED) is 0.282. The van der Waals surface area contributed by atoms with Gasteiger partial charge in [-0.3, -0.25) is 10.1 Å². The van der Waals surface area contributed by atoms with Gasteiger partial charge in [0.05, 0.1) is 29.6 Å². The van der Waals surface area contributed by atoms with E-state index in [2.05, 4.69) is 0 Å². The van der Waals surface area contributed by atoms with Gasteiger partial charge in [0, 0.05) is 19.2 Å². The largest absolute Gasteiger partial charge is 0.494 e. The maximum atomic E-state index is 12.8. The number of ether oxygens (including phenoxy) is 4. The molecule has 2 aromatic carbocycles. The highest BCUT2D eigenvalue weighted by Crippen LogP contribution is 2.31. The molecular weight excluding hydrogens is 440 g/mol. The van der Waals surface area contributed by atoms with E-state index in [1.165, 1.54) is 16.4 Å². The van der Waals surface area contributed by atoms with Crippen LogP contribution in [0.2, 0.25) is 0 Å². The van der Waals surface area contributed by atoms with Crippen LogP contribution in [0.5, 0.6) is 17.2 Å². The molecule has 32 heavy (non-hydrogen) atoms. The minimum absolute atomic E-state index is 0.0251. The first-order chi connectivity index (χ1) is 15.4. The van der Waals surface area contributed by atoms with Crippen molar-refractivity contribution in [2.24, 2.45) is 0 Å². The zero-order chi connectivity index (χ0) is 23.0. The molecule has 0 aromatic heterocycles. The lowest BCUT2D eigenvalue weighted by Gasteiger charge is -2.26. The van der Waals surface area contributed by atoms with Gasteiger partial charge in [0.15, 0.2) is 5.75 Å². The molecule has 0 N–H and O–H groups in total. The Balaban J connectivity index is 1.60. The van der Waals surface area contributed by atoms with Crippen LogP contribution in [0.4, 0.5) is 5.69 Å². The van der Waals surface area contributed by atoms with Crippen LogP contribution < -0.4 is 14.2 Å². The zero-order valence-corrected chi connectivity index (χ0v) is 18.6. The van der Waals surface area contributed by atoms with Crippen LogP contribution in [-0.4, -0.2) is 63.8 Å². The Bertz CT molecular complexity index is 1000. The lowest BCUT2D eigenvalue weighted by molar-refractivity contribution is -0.386. The fourth-order valence-corrected chi connectivity index (χ4v) is 4.45. The van der Waals surface area contributed by atoms with Crippen LogP contribution in [0, 0.1) is 10.1 Å². The molecule has 1 heterocycles. The van der Waals surface area contributed by atoms with Crippen molar-refractivity contribution in [3.8, 4) is 17.2 Å². The maximum Gasteiger partial charge on any atom is 0.312 e. The molecule has 1 fully saturated rings. The summed E-state index contributed by atoms with van der Waals surface area (Å²) in [4.78, 5) is 10.7. The third-order valence-electron chi connectivity index (χ3n) is 4.64. The minimum Gasteiger partial charge on any atom is -0.494 e. The molecule has 2 aromatic rings. The van der Waals surface area contributed by atoms with Gasteiger partial charge in [-0.2, -0.15) is 4.31 Å². The Morgan fingerprint density at radius 1 is 0.969 bits per heavy atom. The summed E-state index contributed by atoms with van der Waals surface area (Å²) >= 11 is 0. The van der Waals surface area contributed by atoms with E-state index in [0.29, 0.717) is 12.4 Å². The number of benzene rings is 2. The van der Waals surface area contributed by atoms with Gasteiger partial charge in [0.25, 0.3) is 0 Å². The van der Waals surface area contributed by atoms with Gasteiger partial charge in [-0.25, -0.2) is 8.42 Å². The third kappa shape index (κ3) is 6.09. The average Bonchev–Trinajstić information content (AvgIpc) is 2.81. The van der Waals surface area contributed by atoms with E-state index in [0.717, 1.165) is 18.2 Å². The van der Waals surface area contributed by atoms with Crippen molar-refractivity contribution in [3.05, 3.63) is 52.6 Å². The highest BCUT2D eigenvalue weighted by molar-refractivity contribution is 7.89. The number of rotatable bonds is 11. The van der Waals surface area contributed by atoms with Gasteiger partial charge in [-0.15, -0.1) is 0 Å². The van der Waals surface area contributed by atoms with Gasteiger partial charge >= 0.3 is 5.69 Å². The number of sulfonamides is 1. The molecule has 0 radical (unpaired) electrons. The monoisotopic (exact) mass is 466 g/mol. The molecular formula is C21H26N2O8S. The summed E-state index contributed by atoms with van der Waals surface area (Å²) in [6.07, 6.45) is 0.919. The Hall–Kier alpha value is -2.89. The predicted molar refractivity (Wildman–Crippen MR) is 116 cm³/mol. The van der Waals surface area contributed by atoms with E-state index >= 15 is 0 Å². The predicted octanol–water partition coefficient (Wildman–Crippen LogP) is 2.86. The number of morpholine rings is 1. The molecule has 1 aliphatic heterocycles. The molecule has 0 saturated carbocycles. The van der Waals surface area contributed by atoms with Crippen molar-refractivity contribution in [1.82, 2.24) is 4.31 Å². The van der Waals surface area contributed by atoms with Crippen LogP contribution >= 0.6 is 0 Å². The molecule has 11 heteroatoms. The zero-order valence-electron chi connectivity index (χ0n) is 17.8. The number of hydrogen-bond acceptors (Lipinski definition) is 8. The summed E-state index contributed by atoms with van der Waals surface area (Å²) in [6, 6.07) is 10.7. The van der Waals surface area contributed by atoms with E-state index in [9.17, 15) is 18.5 Å².